The van der Waals surface area contributed by atoms with E-state index in [2.05, 4.69) is 122 Å². The van der Waals surface area contributed by atoms with Gasteiger partial charge in [-0.25, -0.2) is 0 Å². The number of fused-ring (bicyclic) bond motifs is 2. The van der Waals surface area contributed by atoms with Crippen molar-refractivity contribution in [2.45, 2.75) is 145 Å². The summed E-state index contributed by atoms with van der Waals surface area (Å²) in [6, 6.07) is 32.5. The van der Waals surface area contributed by atoms with Crippen LogP contribution in [-0.2, 0) is 30.2 Å². The number of allylic oxidation sites excluding steroid dienone is 2. The average molecular weight is 1070 g/mol. The van der Waals surface area contributed by atoms with Crippen LogP contribution in [0, 0.1) is 59.2 Å². The Balaban J connectivity index is 0.00000277. The fourth-order valence-electron chi connectivity index (χ4n) is 18.3. The maximum absolute atomic E-state index is 15.4. The summed E-state index contributed by atoms with van der Waals surface area (Å²) in [6.45, 7) is 6.72. The summed E-state index contributed by atoms with van der Waals surface area (Å²) in [5, 5.41) is 0. The minimum absolute atomic E-state index is 0. The minimum atomic E-state index is -4.93. The molecule has 0 radical (unpaired) electrons. The summed E-state index contributed by atoms with van der Waals surface area (Å²) >= 11 is -4.93. The summed E-state index contributed by atoms with van der Waals surface area (Å²) in [5.74, 6) is 7.96. The van der Waals surface area contributed by atoms with Gasteiger partial charge in [0.05, 0.1) is 0 Å². The number of hydrogen-bond donors (Lipinski definition) is 0. The van der Waals surface area contributed by atoms with Crippen molar-refractivity contribution < 1.29 is 30.6 Å². The van der Waals surface area contributed by atoms with Crippen LogP contribution in [0.2, 0.25) is 8.76 Å². The van der Waals surface area contributed by atoms with Crippen LogP contribution in [0.5, 0.6) is 0 Å². The maximum atomic E-state index is 15.4. The molecule has 7 heteroatoms. The van der Waals surface area contributed by atoms with E-state index in [9.17, 15) is 0 Å². The molecule has 2 unspecified atom stereocenters. The van der Waals surface area contributed by atoms with Gasteiger partial charge in [0.1, 0.15) is 0 Å². The van der Waals surface area contributed by atoms with E-state index in [1.54, 1.807) is 0 Å². The molecule has 4 aromatic carbocycles. The number of halogens is 5. The second-order valence-electron chi connectivity index (χ2n) is 25.0. The first-order valence-corrected chi connectivity index (χ1v) is 40.2. The standard InChI is InChI=1S/2C29H33.C3H4F3.CH3.2ClH.H2Si.Zr/c2*1-2-4-19-7-9-23(10-8-19)27-6-3-5-24-12-22(18-29(24)27)17-28-25-13-20-11-21(15-25)16-26(28)14-20;1-2-3(4,5)6;;;;;/h2*3,5-10,12,18,20-21,25-26,28H,2,4,11,13-17H2,1H3;1-2H2;1H3;2*1H;1H2;. The van der Waals surface area contributed by atoms with Crippen LogP contribution in [0.15, 0.2) is 96.1 Å². The van der Waals surface area contributed by atoms with E-state index < -0.39 is 30.0 Å². The summed E-state index contributed by atoms with van der Waals surface area (Å²) in [6.07, 6.45) is 20.7. The Labute approximate surface area is 427 Å². The van der Waals surface area contributed by atoms with Crippen molar-refractivity contribution in [1.29, 1.82) is 0 Å². The van der Waals surface area contributed by atoms with Crippen molar-refractivity contribution in [2.24, 2.45) is 59.2 Å². The molecule has 0 nitrogen and oxygen atoms in total. The zero-order chi connectivity index (χ0) is 45.8. The molecule has 368 valence electrons. The predicted octanol–water partition coefficient (Wildman–Crippen LogP) is 17.9. The molecule has 8 fully saturated rings. The van der Waals surface area contributed by atoms with E-state index in [1.807, 2.05) is 0 Å². The van der Waals surface area contributed by atoms with Crippen LogP contribution in [0.4, 0.5) is 13.2 Å². The smallest absolute Gasteiger partial charge is 0.147 e. The molecule has 0 saturated heterocycles. The molecule has 0 spiro atoms. The van der Waals surface area contributed by atoms with Crippen molar-refractivity contribution in [3.63, 3.8) is 0 Å². The monoisotopic (exact) mass is 1070 g/mol. The van der Waals surface area contributed by atoms with E-state index in [-0.39, 0.29) is 32.1 Å². The molecule has 14 rings (SSSR count). The molecule has 0 aliphatic heterocycles. The van der Waals surface area contributed by atoms with Gasteiger partial charge < -0.3 is 0 Å². The average Bonchev–Trinajstić information content (AvgIpc) is 3.88. The SMILES string of the molecule is CCCc1ccc(-c2cccc3c2C=C(CC2C4CC5CC(C4)CC2C5)[CH]3[Zr]([CH3])(=[SiH2])([CH2]CC(F)(F)F)[CH]2C(CC3C4CC5CC(C4)CC3C5)=Cc3c(-c4ccc(CCC)cc4)cccc32)cc1.Cl.Cl. The molecule has 69 heavy (non-hydrogen) atoms. The van der Waals surface area contributed by atoms with Gasteiger partial charge in [0.25, 0.3) is 0 Å². The maximum Gasteiger partial charge on any atom is -0.147 e. The summed E-state index contributed by atoms with van der Waals surface area (Å²) in [5.41, 5.74) is 16.2. The van der Waals surface area contributed by atoms with Gasteiger partial charge in [0, 0.05) is 0 Å². The van der Waals surface area contributed by atoms with Crippen molar-refractivity contribution in [2.75, 3.05) is 0 Å². The van der Waals surface area contributed by atoms with Gasteiger partial charge in [-0.05, 0) is 0 Å². The number of alkyl halides is 3. The fraction of sp³-hybridized carbons (Fsp3) is 0.548. The zero-order valence-corrected chi connectivity index (χ0v) is 47.1. The second-order valence-corrected chi connectivity index (χ2v) is 53.5. The number of aryl methyl sites for hydroxylation is 2. The van der Waals surface area contributed by atoms with Gasteiger partial charge in [-0.15, -0.1) is 24.8 Å². The number of rotatable bonds is 14. The molecular formula is C62H77Cl2F3SiZr. The first kappa shape index (κ1) is 50.4. The molecule has 0 aromatic heterocycles. The topological polar surface area (TPSA) is 0 Å². The first-order chi connectivity index (χ1) is 32.3. The third kappa shape index (κ3) is 9.08. The number of hydrogen-bond acceptors (Lipinski definition) is 0. The Hall–Kier alpha value is -2.17. The molecule has 8 bridgehead atoms. The van der Waals surface area contributed by atoms with Gasteiger partial charge >= 0.3 is 406 Å². The molecule has 10 aliphatic carbocycles. The van der Waals surface area contributed by atoms with Crippen molar-refractivity contribution >= 4 is 43.8 Å². The molecule has 8 saturated carbocycles. The van der Waals surface area contributed by atoms with Crippen LogP contribution in [0.1, 0.15) is 151 Å². The van der Waals surface area contributed by atoms with Crippen LogP contribution in [-0.4, -0.2) is 13.1 Å². The minimum Gasteiger partial charge on any atom is -0.147 e. The van der Waals surface area contributed by atoms with E-state index in [0.717, 1.165) is 85.9 Å². The van der Waals surface area contributed by atoms with Gasteiger partial charge in [-0.3, -0.25) is 0 Å². The Morgan fingerprint density at radius 1 is 0.522 bits per heavy atom. The van der Waals surface area contributed by atoms with Crippen molar-refractivity contribution in [3.05, 3.63) is 129 Å². The molecule has 0 heterocycles. The van der Waals surface area contributed by atoms with Crippen LogP contribution >= 0.6 is 24.8 Å². The third-order valence-corrected chi connectivity index (χ3v) is 43.4. The largest absolute Gasteiger partial charge is 0.147 e. The Kier molecular flexibility index (Phi) is 14.1. The Morgan fingerprint density at radius 2 is 0.884 bits per heavy atom. The zero-order valence-electron chi connectivity index (χ0n) is 41.6. The molecule has 0 N–H and O–H groups in total. The molecule has 0 amide bonds. The Morgan fingerprint density at radius 3 is 1.22 bits per heavy atom. The van der Waals surface area contributed by atoms with Crippen LogP contribution < -0.4 is 0 Å². The predicted molar refractivity (Wildman–Crippen MR) is 288 cm³/mol. The molecular weight excluding hydrogens is 992 g/mol. The van der Waals surface area contributed by atoms with Crippen LogP contribution in [0.25, 0.3) is 34.4 Å². The van der Waals surface area contributed by atoms with Crippen LogP contribution in [0.3, 0.4) is 0 Å². The Bertz CT molecular complexity index is 2450. The fourth-order valence-corrected chi connectivity index (χ4v) is 42.0. The summed E-state index contributed by atoms with van der Waals surface area (Å²) in [7, 11) is 0. The third-order valence-electron chi connectivity index (χ3n) is 20.5. The summed E-state index contributed by atoms with van der Waals surface area (Å²) in [4.78, 5) is 0. The van der Waals surface area contributed by atoms with Crippen molar-refractivity contribution in [1.82, 2.24) is 0 Å². The van der Waals surface area contributed by atoms with Gasteiger partial charge in [-0.1, -0.05) is 0 Å². The normalized spacial score (nSPS) is 31.5. The van der Waals surface area contributed by atoms with E-state index >= 15 is 13.2 Å². The number of benzene rings is 4. The molecule has 4 aromatic rings. The van der Waals surface area contributed by atoms with Crippen molar-refractivity contribution in [3.8, 4) is 22.3 Å². The summed E-state index contributed by atoms with van der Waals surface area (Å²) < 4.78 is 49.3. The second kappa shape index (κ2) is 19.3. The van der Waals surface area contributed by atoms with E-state index in [4.69, 9.17) is 0 Å². The molecule has 2 atom stereocenters. The quantitative estimate of drug-likeness (QED) is 0.110. The van der Waals surface area contributed by atoms with Gasteiger partial charge in [-0.2, -0.15) is 0 Å². The molecule has 10 aliphatic rings. The van der Waals surface area contributed by atoms with E-state index in [0.29, 0.717) is 16.0 Å². The van der Waals surface area contributed by atoms with E-state index in [1.165, 1.54) is 131 Å². The van der Waals surface area contributed by atoms with Gasteiger partial charge in [0.2, 0.25) is 0 Å². The first-order valence-electron chi connectivity index (χ1n) is 27.3. The van der Waals surface area contributed by atoms with Gasteiger partial charge in [0.15, 0.2) is 0 Å².